The molecule has 0 saturated carbocycles. The molecule has 0 aliphatic heterocycles. The maximum Gasteiger partial charge on any atom is 0.0942 e. The molecule has 0 spiro atoms. The SMILES string of the molecule is Cl.OCC(O)CNc1cc(/C=C/c2ccccc2)nc2ccccc12.OCC(O)CNc1cc(CCc2ccccc2)nc2ccccc12. The fourth-order valence-electron chi connectivity index (χ4n) is 5.18. The number of aryl methyl sites for hydroxylation is 2. The molecular weight excluding hydrogens is 636 g/mol. The molecular formula is C40H43ClN4O4. The summed E-state index contributed by atoms with van der Waals surface area (Å²) in [6.07, 6.45) is 4.21. The van der Waals surface area contributed by atoms with E-state index in [0.29, 0.717) is 6.54 Å². The molecule has 8 nitrogen and oxygen atoms in total. The van der Waals surface area contributed by atoms with Crippen LogP contribution in [-0.2, 0) is 12.8 Å². The number of hydrogen-bond acceptors (Lipinski definition) is 8. The molecule has 2 heterocycles. The lowest BCUT2D eigenvalue weighted by Gasteiger charge is -2.14. The van der Waals surface area contributed by atoms with Crippen LogP contribution in [0.2, 0.25) is 0 Å². The number of aliphatic hydroxyl groups is 4. The highest BCUT2D eigenvalue weighted by molar-refractivity contribution is 5.93. The first-order chi connectivity index (χ1) is 23.5. The van der Waals surface area contributed by atoms with Crippen molar-refractivity contribution >= 4 is 57.7 Å². The lowest BCUT2D eigenvalue weighted by Crippen LogP contribution is -2.23. The number of hydrogen-bond donors (Lipinski definition) is 6. The molecule has 254 valence electrons. The molecule has 0 radical (unpaired) electrons. The standard InChI is InChI=1S/C20H22N2O2.C20H20N2O2.ClH/c2*23-14-17(24)13-21-20-12-16(11-10-15-6-2-1-3-7-15)22-19-9-5-4-8-18(19)20;/h1-9,12,17,23-24H,10-11,13-14H2,(H,21,22);1-12,17,23-24H,13-14H2,(H,21,22);1H/b;11-10+;. The molecule has 2 unspecified atom stereocenters. The summed E-state index contributed by atoms with van der Waals surface area (Å²) in [5.74, 6) is 0. The predicted molar refractivity (Wildman–Crippen MR) is 203 cm³/mol. The van der Waals surface area contributed by atoms with Crippen LogP contribution in [0.1, 0.15) is 22.5 Å². The molecule has 0 saturated heterocycles. The average Bonchev–Trinajstić information content (AvgIpc) is 3.15. The Bertz CT molecular complexity index is 1910. The van der Waals surface area contributed by atoms with E-state index >= 15 is 0 Å². The zero-order chi connectivity index (χ0) is 33.6. The summed E-state index contributed by atoms with van der Waals surface area (Å²) in [7, 11) is 0. The third kappa shape index (κ3) is 11.1. The Morgan fingerprint density at radius 1 is 0.571 bits per heavy atom. The van der Waals surface area contributed by atoms with E-state index in [2.05, 4.69) is 27.8 Å². The fourth-order valence-corrected chi connectivity index (χ4v) is 5.18. The number of para-hydroxylation sites is 2. The molecule has 0 aliphatic rings. The van der Waals surface area contributed by atoms with Gasteiger partial charge in [0, 0.05) is 40.9 Å². The van der Waals surface area contributed by atoms with Crippen LogP contribution in [0.4, 0.5) is 11.4 Å². The Balaban J connectivity index is 0.000000216. The van der Waals surface area contributed by atoms with Crippen LogP contribution in [-0.4, -0.2) is 68.9 Å². The highest BCUT2D eigenvalue weighted by Crippen LogP contribution is 2.25. The summed E-state index contributed by atoms with van der Waals surface area (Å²) in [6, 6.07) is 40.2. The molecule has 2 aromatic heterocycles. The molecule has 0 amide bonds. The Hall–Kier alpha value is -4.83. The molecule has 4 aromatic carbocycles. The van der Waals surface area contributed by atoms with Crippen molar-refractivity contribution in [2.75, 3.05) is 36.9 Å². The zero-order valence-electron chi connectivity index (χ0n) is 27.2. The quantitative estimate of drug-likeness (QED) is 0.0831. The summed E-state index contributed by atoms with van der Waals surface area (Å²) in [5, 5.41) is 45.5. The predicted octanol–water partition coefficient (Wildman–Crippen LogP) is 6.38. The number of benzene rings is 4. The first-order valence-electron chi connectivity index (χ1n) is 16.1. The number of aliphatic hydroxyl groups excluding tert-OH is 4. The number of rotatable bonds is 13. The lowest BCUT2D eigenvalue weighted by atomic mass is 10.1. The van der Waals surface area contributed by atoms with Gasteiger partial charge >= 0.3 is 0 Å². The van der Waals surface area contributed by atoms with E-state index in [0.717, 1.165) is 63.0 Å². The van der Waals surface area contributed by atoms with E-state index in [1.807, 2.05) is 121 Å². The van der Waals surface area contributed by atoms with Gasteiger partial charge in [0.1, 0.15) is 0 Å². The number of pyridine rings is 2. The van der Waals surface area contributed by atoms with Gasteiger partial charge in [0.05, 0.1) is 42.1 Å². The van der Waals surface area contributed by atoms with Crippen LogP contribution < -0.4 is 10.6 Å². The van der Waals surface area contributed by atoms with Gasteiger partial charge in [-0.1, -0.05) is 103 Å². The normalized spacial score (nSPS) is 12.2. The zero-order valence-corrected chi connectivity index (χ0v) is 28.0. The number of nitrogens with one attached hydrogen (secondary N) is 2. The highest BCUT2D eigenvalue weighted by atomic mass is 35.5. The number of halogens is 1. The Morgan fingerprint density at radius 3 is 1.67 bits per heavy atom. The second-order valence-corrected chi connectivity index (χ2v) is 11.5. The molecule has 0 aliphatic carbocycles. The third-order valence-corrected chi connectivity index (χ3v) is 7.74. The van der Waals surface area contributed by atoms with Crippen LogP contribution in [0.3, 0.4) is 0 Å². The molecule has 9 heteroatoms. The van der Waals surface area contributed by atoms with Crippen molar-refractivity contribution in [1.29, 1.82) is 0 Å². The molecule has 49 heavy (non-hydrogen) atoms. The van der Waals surface area contributed by atoms with Crippen molar-refractivity contribution in [2.24, 2.45) is 0 Å². The van der Waals surface area contributed by atoms with Crippen LogP contribution in [0.25, 0.3) is 34.0 Å². The molecule has 0 fully saturated rings. The van der Waals surface area contributed by atoms with E-state index in [1.54, 1.807) is 0 Å². The van der Waals surface area contributed by atoms with Gasteiger partial charge in [0.2, 0.25) is 0 Å². The smallest absolute Gasteiger partial charge is 0.0942 e. The third-order valence-electron chi connectivity index (χ3n) is 7.74. The van der Waals surface area contributed by atoms with Crippen molar-refractivity contribution in [1.82, 2.24) is 9.97 Å². The minimum Gasteiger partial charge on any atom is -0.394 e. The molecule has 2 atom stereocenters. The number of fused-ring (bicyclic) bond motifs is 2. The van der Waals surface area contributed by atoms with Crippen molar-refractivity contribution in [2.45, 2.75) is 25.0 Å². The van der Waals surface area contributed by atoms with Crippen molar-refractivity contribution in [3.8, 4) is 0 Å². The van der Waals surface area contributed by atoms with Crippen LogP contribution in [0.5, 0.6) is 0 Å². The van der Waals surface area contributed by atoms with Gasteiger partial charge in [-0.15, -0.1) is 12.4 Å². The Morgan fingerprint density at radius 2 is 1.08 bits per heavy atom. The topological polar surface area (TPSA) is 131 Å². The van der Waals surface area contributed by atoms with E-state index in [9.17, 15) is 10.2 Å². The van der Waals surface area contributed by atoms with Gasteiger partial charge in [-0.05, 0) is 54.3 Å². The van der Waals surface area contributed by atoms with E-state index < -0.39 is 12.2 Å². The van der Waals surface area contributed by atoms with E-state index in [4.69, 9.17) is 15.2 Å². The van der Waals surface area contributed by atoms with Gasteiger partial charge < -0.3 is 31.1 Å². The van der Waals surface area contributed by atoms with Crippen molar-refractivity contribution in [3.63, 3.8) is 0 Å². The Labute approximate surface area is 293 Å². The fraction of sp³-hybridized carbons (Fsp3) is 0.200. The summed E-state index contributed by atoms with van der Waals surface area (Å²) in [5.41, 5.74) is 7.89. The van der Waals surface area contributed by atoms with Crippen molar-refractivity contribution < 1.29 is 20.4 Å². The molecule has 6 aromatic rings. The van der Waals surface area contributed by atoms with Crippen LogP contribution >= 0.6 is 12.4 Å². The minimum atomic E-state index is -0.791. The molecule has 0 bridgehead atoms. The van der Waals surface area contributed by atoms with Crippen molar-refractivity contribution in [3.05, 3.63) is 144 Å². The monoisotopic (exact) mass is 678 g/mol. The summed E-state index contributed by atoms with van der Waals surface area (Å²) in [4.78, 5) is 9.41. The summed E-state index contributed by atoms with van der Waals surface area (Å²) < 4.78 is 0. The number of anilines is 2. The Kier molecular flexibility index (Phi) is 14.5. The van der Waals surface area contributed by atoms with Gasteiger partial charge in [0.15, 0.2) is 0 Å². The molecule has 6 rings (SSSR count). The largest absolute Gasteiger partial charge is 0.394 e. The number of aromatic nitrogens is 2. The average molecular weight is 679 g/mol. The lowest BCUT2D eigenvalue weighted by molar-refractivity contribution is 0.105. The van der Waals surface area contributed by atoms with Gasteiger partial charge in [-0.25, -0.2) is 4.98 Å². The van der Waals surface area contributed by atoms with Gasteiger partial charge in [0.25, 0.3) is 0 Å². The summed E-state index contributed by atoms with van der Waals surface area (Å²) >= 11 is 0. The highest BCUT2D eigenvalue weighted by Gasteiger charge is 2.09. The first-order valence-corrected chi connectivity index (χ1v) is 16.1. The summed E-state index contributed by atoms with van der Waals surface area (Å²) in [6.45, 7) is 0.0721. The van der Waals surface area contributed by atoms with E-state index in [-0.39, 0.29) is 32.2 Å². The second kappa shape index (κ2) is 19.2. The second-order valence-electron chi connectivity index (χ2n) is 11.5. The van der Waals surface area contributed by atoms with Crippen LogP contribution in [0, 0.1) is 0 Å². The first kappa shape index (κ1) is 37.0. The number of nitrogens with zero attached hydrogens (tertiary/aromatic N) is 2. The maximum absolute atomic E-state index is 9.58. The van der Waals surface area contributed by atoms with E-state index in [1.165, 1.54) is 5.56 Å². The van der Waals surface area contributed by atoms with Crippen LogP contribution in [0.15, 0.2) is 121 Å². The molecule has 6 N–H and O–H groups in total. The minimum absolute atomic E-state index is 0. The van der Waals surface area contributed by atoms with Gasteiger partial charge in [-0.2, -0.15) is 0 Å². The van der Waals surface area contributed by atoms with Gasteiger partial charge in [-0.3, -0.25) is 4.98 Å². The maximum atomic E-state index is 9.58.